The lowest BCUT2D eigenvalue weighted by molar-refractivity contribution is 0.0376. The molecule has 0 heterocycles. The first-order chi connectivity index (χ1) is 11.3. The molecule has 0 spiro atoms. The van der Waals surface area contributed by atoms with E-state index in [0.717, 1.165) is 12.8 Å². The Bertz CT molecular complexity index is 572. The van der Waals surface area contributed by atoms with E-state index in [0.29, 0.717) is 0 Å². The van der Waals surface area contributed by atoms with Crippen molar-refractivity contribution in [3.05, 3.63) is 29.8 Å². The van der Waals surface area contributed by atoms with E-state index in [-0.39, 0.29) is 30.1 Å². The molecule has 6 nitrogen and oxygen atoms in total. The SMILES string of the molecule is CCOP(=O)(NC(CC)CC)Oc1ccccc1C(=O)OC(C)C. The number of esters is 1. The van der Waals surface area contributed by atoms with Gasteiger partial charge in [-0.15, -0.1) is 0 Å². The number of nitrogens with one attached hydrogen (secondary N) is 1. The average Bonchev–Trinajstić information content (AvgIpc) is 2.52. The van der Waals surface area contributed by atoms with Gasteiger partial charge in [-0.25, -0.2) is 14.4 Å². The fraction of sp³-hybridized carbons (Fsp3) is 0.588. The lowest BCUT2D eigenvalue weighted by Crippen LogP contribution is -2.28. The molecular weight excluding hydrogens is 329 g/mol. The van der Waals surface area contributed by atoms with Crippen LogP contribution in [0.5, 0.6) is 5.75 Å². The Hall–Kier alpha value is -1.36. The van der Waals surface area contributed by atoms with Crippen molar-refractivity contribution in [2.45, 2.75) is 59.6 Å². The lowest BCUT2D eigenvalue weighted by atomic mass is 10.2. The zero-order chi connectivity index (χ0) is 18.2. The molecule has 0 aromatic heterocycles. The molecule has 1 atom stereocenters. The van der Waals surface area contributed by atoms with Crippen molar-refractivity contribution in [2.24, 2.45) is 0 Å². The molecule has 1 aromatic carbocycles. The van der Waals surface area contributed by atoms with Crippen LogP contribution < -0.4 is 9.61 Å². The Balaban J connectivity index is 3.06. The maximum absolute atomic E-state index is 13.0. The van der Waals surface area contributed by atoms with E-state index in [1.165, 1.54) is 0 Å². The summed E-state index contributed by atoms with van der Waals surface area (Å²) < 4.78 is 29.2. The molecular formula is C17H28NO5P. The molecule has 136 valence electrons. The van der Waals surface area contributed by atoms with Gasteiger partial charge >= 0.3 is 13.7 Å². The molecule has 0 aliphatic rings. The van der Waals surface area contributed by atoms with Crippen molar-refractivity contribution < 1.29 is 23.1 Å². The molecule has 0 saturated carbocycles. The number of hydrogen-bond acceptors (Lipinski definition) is 5. The minimum absolute atomic E-state index is 0.00263. The van der Waals surface area contributed by atoms with E-state index < -0.39 is 13.7 Å². The Labute approximate surface area is 144 Å². The summed E-state index contributed by atoms with van der Waals surface area (Å²) in [6.45, 7) is 9.48. The molecule has 0 radical (unpaired) electrons. The highest BCUT2D eigenvalue weighted by Gasteiger charge is 2.30. The van der Waals surface area contributed by atoms with Crippen molar-refractivity contribution >= 4 is 13.7 Å². The molecule has 0 fully saturated rings. The Morgan fingerprint density at radius 1 is 1.17 bits per heavy atom. The standard InChI is InChI=1S/C17H28NO5P/c1-6-14(7-2)18-24(20,21-8-3)23-16-12-10-9-11-15(16)17(19)22-13(4)5/h9-14H,6-8H2,1-5H3,(H,18,20). The van der Waals surface area contributed by atoms with Crippen molar-refractivity contribution in [1.82, 2.24) is 5.09 Å². The van der Waals surface area contributed by atoms with Crippen molar-refractivity contribution in [1.29, 1.82) is 0 Å². The molecule has 0 aliphatic carbocycles. The highest BCUT2D eigenvalue weighted by molar-refractivity contribution is 7.52. The maximum atomic E-state index is 13.0. The average molecular weight is 357 g/mol. The minimum Gasteiger partial charge on any atom is -0.459 e. The molecule has 1 unspecified atom stereocenters. The molecule has 0 saturated heterocycles. The van der Waals surface area contributed by atoms with Crippen molar-refractivity contribution in [3.63, 3.8) is 0 Å². The van der Waals surface area contributed by atoms with Gasteiger partial charge in [-0.05, 0) is 45.7 Å². The molecule has 7 heteroatoms. The first kappa shape index (κ1) is 20.7. The number of para-hydroxylation sites is 1. The number of benzene rings is 1. The first-order valence-electron chi connectivity index (χ1n) is 8.37. The van der Waals surface area contributed by atoms with Gasteiger partial charge in [0.25, 0.3) is 0 Å². The van der Waals surface area contributed by atoms with Gasteiger partial charge in [0, 0.05) is 6.04 Å². The van der Waals surface area contributed by atoms with E-state index in [1.54, 1.807) is 45.0 Å². The summed E-state index contributed by atoms with van der Waals surface area (Å²) in [6, 6.07) is 6.56. The van der Waals surface area contributed by atoms with E-state index in [4.69, 9.17) is 13.8 Å². The minimum atomic E-state index is -3.59. The van der Waals surface area contributed by atoms with Crippen molar-refractivity contribution in [2.75, 3.05) is 6.61 Å². The summed E-state index contributed by atoms with van der Waals surface area (Å²) in [5.74, 6) is -0.343. The number of rotatable bonds is 10. The summed E-state index contributed by atoms with van der Waals surface area (Å²) in [5, 5.41) is 2.95. The predicted molar refractivity (Wildman–Crippen MR) is 94.4 cm³/mol. The molecule has 0 bridgehead atoms. The number of hydrogen-bond donors (Lipinski definition) is 1. The van der Waals surface area contributed by atoms with Crippen LogP contribution in [0.15, 0.2) is 24.3 Å². The van der Waals surface area contributed by atoms with E-state index in [2.05, 4.69) is 5.09 Å². The second-order valence-electron chi connectivity index (χ2n) is 5.60. The van der Waals surface area contributed by atoms with E-state index >= 15 is 0 Å². The second-order valence-corrected chi connectivity index (χ2v) is 7.29. The third-order valence-corrected chi connectivity index (χ3v) is 5.01. The van der Waals surface area contributed by atoms with Gasteiger partial charge in [0.05, 0.1) is 12.7 Å². The van der Waals surface area contributed by atoms with Crippen LogP contribution in [0.2, 0.25) is 0 Å². The van der Waals surface area contributed by atoms with Crippen LogP contribution in [0.25, 0.3) is 0 Å². The first-order valence-corrected chi connectivity index (χ1v) is 9.91. The molecule has 0 aliphatic heterocycles. The summed E-state index contributed by atoms with van der Waals surface area (Å²) >= 11 is 0. The van der Waals surface area contributed by atoms with Gasteiger partial charge in [0.2, 0.25) is 0 Å². The van der Waals surface area contributed by atoms with Gasteiger partial charge in [0.1, 0.15) is 11.3 Å². The number of ether oxygens (including phenoxy) is 1. The zero-order valence-corrected chi connectivity index (χ0v) is 16.0. The van der Waals surface area contributed by atoms with E-state index in [9.17, 15) is 9.36 Å². The van der Waals surface area contributed by atoms with Gasteiger partial charge < -0.3 is 9.26 Å². The lowest BCUT2D eigenvalue weighted by Gasteiger charge is -2.24. The summed E-state index contributed by atoms with van der Waals surface area (Å²) in [5.41, 5.74) is 0.220. The Kier molecular flexibility index (Phi) is 8.46. The zero-order valence-electron chi connectivity index (χ0n) is 15.1. The second kappa shape index (κ2) is 9.82. The van der Waals surface area contributed by atoms with Crippen LogP contribution in [-0.4, -0.2) is 24.7 Å². The third-order valence-electron chi connectivity index (χ3n) is 3.29. The highest BCUT2D eigenvalue weighted by atomic mass is 31.2. The van der Waals surface area contributed by atoms with Crippen molar-refractivity contribution in [3.8, 4) is 5.75 Å². The van der Waals surface area contributed by atoms with Gasteiger partial charge in [-0.1, -0.05) is 26.0 Å². The summed E-state index contributed by atoms with van der Waals surface area (Å²) in [7, 11) is -3.59. The normalized spacial score (nSPS) is 13.8. The highest BCUT2D eigenvalue weighted by Crippen LogP contribution is 2.46. The third kappa shape index (κ3) is 6.27. The number of carbonyl (C=O) groups is 1. The van der Waals surface area contributed by atoms with Crippen LogP contribution in [0.3, 0.4) is 0 Å². The van der Waals surface area contributed by atoms with Crippen LogP contribution in [0.4, 0.5) is 0 Å². The fourth-order valence-electron chi connectivity index (χ4n) is 2.08. The van der Waals surface area contributed by atoms with Crippen LogP contribution in [0.1, 0.15) is 57.8 Å². The van der Waals surface area contributed by atoms with Gasteiger partial charge in [-0.3, -0.25) is 4.52 Å². The molecule has 0 amide bonds. The largest absolute Gasteiger partial charge is 0.459 e. The Morgan fingerprint density at radius 3 is 2.33 bits per heavy atom. The number of carbonyl (C=O) groups excluding carboxylic acids is 1. The van der Waals surface area contributed by atoms with Crippen LogP contribution >= 0.6 is 7.75 Å². The maximum Gasteiger partial charge on any atom is 0.458 e. The molecule has 1 N–H and O–H groups in total. The van der Waals surface area contributed by atoms with Crippen LogP contribution in [-0.2, 0) is 13.8 Å². The topological polar surface area (TPSA) is 73.9 Å². The predicted octanol–water partition coefficient (Wildman–Crippen LogP) is 4.55. The van der Waals surface area contributed by atoms with Gasteiger partial charge in [-0.2, -0.15) is 0 Å². The van der Waals surface area contributed by atoms with Gasteiger partial charge in [0.15, 0.2) is 0 Å². The van der Waals surface area contributed by atoms with Crippen LogP contribution in [0, 0.1) is 0 Å². The summed E-state index contributed by atoms with van der Waals surface area (Å²) in [4.78, 5) is 12.2. The quantitative estimate of drug-likeness (QED) is 0.489. The smallest absolute Gasteiger partial charge is 0.458 e. The fourth-order valence-corrected chi connectivity index (χ4v) is 3.83. The summed E-state index contributed by atoms with van der Waals surface area (Å²) in [6.07, 6.45) is 1.31. The molecule has 1 aromatic rings. The molecule has 1 rings (SSSR count). The molecule has 24 heavy (non-hydrogen) atoms. The Morgan fingerprint density at radius 2 is 1.79 bits per heavy atom. The van der Waals surface area contributed by atoms with E-state index in [1.807, 2.05) is 13.8 Å². The monoisotopic (exact) mass is 357 g/mol.